The number of rotatable bonds is 8. The second-order valence-corrected chi connectivity index (χ2v) is 6.86. The molecule has 0 spiro atoms. The first-order valence-corrected chi connectivity index (χ1v) is 8.27. The van der Waals surface area contributed by atoms with Crippen LogP contribution in [0.4, 0.5) is 0 Å². The van der Waals surface area contributed by atoms with Crippen LogP contribution in [-0.4, -0.2) is 35.6 Å². The van der Waals surface area contributed by atoms with Crippen LogP contribution in [-0.2, 0) is 9.59 Å². The predicted octanol–water partition coefficient (Wildman–Crippen LogP) is 1.91. The van der Waals surface area contributed by atoms with Crippen LogP contribution in [0.2, 0.25) is 0 Å². The van der Waals surface area contributed by atoms with Crippen molar-refractivity contribution < 1.29 is 14.7 Å². The van der Waals surface area contributed by atoms with Crippen molar-refractivity contribution in [3.8, 4) is 0 Å². The molecule has 0 radical (unpaired) electrons. The third kappa shape index (κ3) is 5.65. The zero-order valence-corrected chi connectivity index (χ0v) is 12.9. The number of carboxylic acid groups (broad SMARTS) is 1. The van der Waals surface area contributed by atoms with E-state index in [1.807, 2.05) is 6.92 Å². The van der Waals surface area contributed by atoms with Gasteiger partial charge >= 0.3 is 5.97 Å². The minimum atomic E-state index is -0.744. The molecule has 120 valence electrons. The van der Waals surface area contributed by atoms with Crippen molar-refractivity contribution in [1.29, 1.82) is 0 Å². The maximum absolute atomic E-state index is 12.0. The molecule has 3 N–H and O–H groups in total. The monoisotopic (exact) mass is 296 g/mol. The number of carbonyl (C=O) groups is 2. The first-order chi connectivity index (χ1) is 10.0. The van der Waals surface area contributed by atoms with Crippen LogP contribution < -0.4 is 10.6 Å². The Hall–Kier alpha value is -1.10. The van der Waals surface area contributed by atoms with E-state index in [2.05, 4.69) is 10.6 Å². The molecule has 2 aliphatic heterocycles. The lowest BCUT2D eigenvalue weighted by Crippen LogP contribution is -2.39. The maximum atomic E-state index is 12.0. The van der Waals surface area contributed by atoms with Gasteiger partial charge in [0, 0.05) is 31.5 Å². The van der Waals surface area contributed by atoms with Crippen LogP contribution in [0.3, 0.4) is 0 Å². The van der Waals surface area contributed by atoms with Gasteiger partial charge in [0.15, 0.2) is 0 Å². The summed E-state index contributed by atoms with van der Waals surface area (Å²) in [7, 11) is 0. The topological polar surface area (TPSA) is 78.4 Å². The molecule has 5 nitrogen and oxygen atoms in total. The Kier molecular flexibility index (Phi) is 6.03. The van der Waals surface area contributed by atoms with E-state index in [0.29, 0.717) is 43.3 Å². The highest BCUT2D eigenvalue weighted by Gasteiger charge is 2.34. The van der Waals surface area contributed by atoms with Gasteiger partial charge < -0.3 is 15.7 Å². The summed E-state index contributed by atoms with van der Waals surface area (Å²) in [5, 5.41) is 15.2. The van der Waals surface area contributed by atoms with Crippen molar-refractivity contribution >= 4 is 11.9 Å². The molecule has 2 aliphatic rings. The van der Waals surface area contributed by atoms with Crippen LogP contribution in [0.5, 0.6) is 0 Å². The van der Waals surface area contributed by atoms with Crippen molar-refractivity contribution in [3.05, 3.63) is 0 Å². The van der Waals surface area contributed by atoms with E-state index in [4.69, 9.17) is 5.11 Å². The Morgan fingerprint density at radius 1 is 1.24 bits per heavy atom. The highest BCUT2D eigenvalue weighted by molar-refractivity contribution is 5.76. The average molecular weight is 296 g/mol. The highest BCUT2D eigenvalue weighted by atomic mass is 16.4. The van der Waals surface area contributed by atoms with E-state index in [0.717, 1.165) is 19.3 Å². The summed E-state index contributed by atoms with van der Waals surface area (Å²) in [4.78, 5) is 22.5. The Balaban J connectivity index is 1.56. The molecular weight excluding hydrogens is 268 g/mol. The van der Waals surface area contributed by atoms with Gasteiger partial charge in [0.1, 0.15) is 0 Å². The van der Waals surface area contributed by atoms with Gasteiger partial charge in [0.05, 0.1) is 0 Å². The molecule has 0 aromatic carbocycles. The molecular formula is C16H28N2O3. The fourth-order valence-corrected chi connectivity index (χ4v) is 3.65. The predicted molar refractivity (Wildman–Crippen MR) is 80.9 cm³/mol. The number of hydrogen-bond donors (Lipinski definition) is 3. The normalized spacial score (nSPS) is 29.1. The van der Waals surface area contributed by atoms with Crippen LogP contribution >= 0.6 is 0 Å². The summed E-state index contributed by atoms with van der Waals surface area (Å²) < 4.78 is 0. The van der Waals surface area contributed by atoms with Crippen LogP contribution in [0.25, 0.3) is 0 Å². The molecule has 2 fully saturated rings. The minimum absolute atomic E-state index is 0.159. The molecule has 2 bridgehead atoms. The van der Waals surface area contributed by atoms with E-state index in [1.54, 1.807) is 0 Å². The Bertz CT molecular complexity index is 361. The van der Waals surface area contributed by atoms with Crippen molar-refractivity contribution in [1.82, 2.24) is 10.6 Å². The van der Waals surface area contributed by atoms with Gasteiger partial charge in [-0.25, -0.2) is 0 Å². The fourth-order valence-electron chi connectivity index (χ4n) is 3.65. The van der Waals surface area contributed by atoms with Gasteiger partial charge in [-0.05, 0) is 50.4 Å². The molecule has 0 aromatic heterocycles. The second kappa shape index (κ2) is 7.78. The lowest BCUT2D eigenvalue weighted by molar-refractivity contribution is -0.137. The summed E-state index contributed by atoms with van der Waals surface area (Å²) in [5.74, 6) is 0.294. The van der Waals surface area contributed by atoms with E-state index in [9.17, 15) is 9.59 Å². The summed E-state index contributed by atoms with van der Waals surface area (Å²) in [6.07, 6.45) is 7.22. The van der Waals surface area contributed by atoms with Crippen molar-refractivity contribution in [3.63, 3.8) is 0 Å². The lowest BCUT2D eigenvalue weighted by Gasteiger charge is -2.28. The first-order valence-electron chi connectivity index (χ1n) is 8.27. The maximum Gasteiger partial charge on any atom is 0.303 e. The third-order valence-corrected chi connectivity index (χ3v) is 4.86. The Morgan fingerprint density at radius 2 is 1.90 bits per heavy atom. The number of aliphatic carboxylic acids is 1. The van der Waals surface area contributed by atoms with Crippen LogP contribution in [0.1, 0.15) is 58.3 Å². The fraction of sp³-hybridized carbons (Fsp3) is 0.875. The van der Waals surface area contributed by atoms with Crippen molar-refractivity contribution in [2.45, 2.75) is 70.4 Å². The highest BCUT2D eigenvalue weighted by Crippen LogP contribution is 2.32. The molecule has 21 heavy (non-hydrogen) atoms. The summed E-state index contributed by atoms with van der Waals surface area (Å²) in [6, 6.07) is 1.27. The summed E-state index contributed by atoms with van der Waals surface area (Å²) in [6.45, 7) is 2.71. The standard InChI is InChI=1S/C16H28N2O3/c1-11(2-5-16(20)21)6-7-17-15(19)10-12-8-13-3-4-14(9-12)18-13/h11-14,18H,2-10H2,1H3,(H,17,19)(H,20,21). The average Bonchev–Trinajstić information content (AvgIpc) is 2.75. The number of hydrogen-bond acceptors (Lipinski definition) is 3. The molecule has 1 amide bonds. The van der Waals surface area contributed by atoms with E-state index >= 15 is 0 Å². The molecule has 3 atom stereocenters. The third-order valence-electron chi connectivity index (χ3n) is 4.86. The Morgan fingerprint density at radius 3 is 2.52 bits per heavy atom. The van der Waals surface area contributed by atoms with Gasteiger partial charge in [-0.15, -0.1) is 0 Å². The van der Waals surface area contributed by atoms with E-state index < -0.39 is 5.97 Å². The number of amides is 1. The smallest absolute Gasteiger partial charge is 0.303 e. The number of fused-ring (bicyclic) bond motifs is 2. The lowest BCUT2D eigenvalue weighted by atomic mass is 9.89. The van der Waals surface area contributed by atoms with Gasteiger partial charge in [-0.1, -0.05) is 6.92 Å². The van der Waals surface area contributed by atoms with E-state index in [-0.39, 0.29) is 12.3 Å². The second-order valence-electron chi connectivity index (χ2n) is 6.86. The largest absolute Gasteiger partial charge is 0.481 e. The molecule has 2 heterocycles. The quantitative estimate of drug-likeness (QED) is 0.639. The molecule has 2 saturated heterocycles. The summed E-state index contributed by atoms with van der Waals surface area (Å²) >= 11 is 0. The number of piperidine rings is 1. The molecule has 2 rings (SSSR count). The Labute approximate surface area is 126 Å². The molecule has 0 aromatic rings. The number of carboxylic acids is 1. The minimum Gasteiger partial charge on any atom is -0.481 e. The summed E-state index contributed by atoms with van der Waals surface area (Å²) in [5.41, 5.74) is 0. The van der Waals surface area contributed by atoms with E-state index in [1.165, 1.54) is 12.8 Å². The van der Waals surface area contributed by atoms with Gasteiger partial charge in [0.2, 0.25) is 5.91 Å². The molecule has 0 aliphatic carbocycles. The molecule has 3 unspecified atom stereocenters. The molecule has 0 saturated carbocycles. The van der Waals surface area contributed by atoms with Crippen LogP contribution in [0, 0.1) is 11.8 Å². The van der Waals surface area contributed by atoms with Crippen LogP contribution in [0.15, 0.2) is 0 Å². The van der Waals surface area contributed by atoms with Gasteiger partial charge in [-0.3, -0.25) is 9.59 Å². The zero-order chi connectivity index (χ0) is 15.2. The number of nitrogens with one attached hydrogen (secondary N) is 2. The molecule has 5 heteroatoms. The first kappa shape index (κ1) is 16.3. The van der Waals surface area contributed by atoms with Gasteiger partial charge in [0.25, 0.3) is 0 Å². The van der Waals surface area contributed by atoms with Crippen molar-refractivity contribution in [2.24, 2.45) is 11.8 Å². The zero-order valence-electron chi connectivity index (χ0n) is 12.9. The SMILES string of the molecule is CC(CCNC(=O)CC1CC2CCC(C1)N2)CCC(=O)O. The number of carbonyl (C=O) groups excluding carboxylic acids is 1. The van der Waals surface area contributed by atoms with Crippen molar-refractivity contribution in [2.75, 3.05) is 6.54 Å². The van der Waals surface area contributed by atoms with Gasteiger partial charge in [-0.2, -0.15) is 0 Å².